The van der Waals surface area contributed by atoms with E-state index in [1.165, 1.54) is 6.33 Å². The van der Waals surface area contributed by atoms with E-state index in [4.69, 9.17) is 4.74 Å². The fourth-order valence-corrected chi connectivity index (χ4v) is 2.51. The molecule has 1 N–H and O–H groups in total. The Hall–Kier alpha value is -2.05. The van der Waals surface area contributed by atoms with Crippen LogP contribution in [0, 0.1) is 0 Å². The highest BCUT2D eigenvalue weighted by Crippen LogP contribution is 2.27. The molecule has 7 nitrogen and oxygen atoms in total. The molecular formula is C15H24N4O3. The third kappa shape index (κ3) is 3.99. The Bertz CT molecular complexity index is 530. The van der Waals surface area contributed by atoms with E-state index in [0.29, 0.717) is 12.2 Å². The molecule has 0 aromatic carbocycles. The average molecular weight is 308 g/mol. The van der Waals surface area contributed by atoms with Crippen molar-refractivity contribution < 1.29 is 14.6 Å². The molecule has 0 aliphatic carbocycles. The van der Waals surface area contributed by atoms with Gasteiger partial charge in [0.2, 0.25) is 5.88 Å². The highest BCUT2D eigenvalue weighted by molar-refractivity contribution is 5.68. The highest BCUT2D eigenvalue weighted by Gasteiger charge is 2.30. The summed E-state index contributed by atoms with van der Waals surface area (Å²) in [5.74, 6) is -0.0319. The van der Waals surface area contributed by atoms with Crippen molar-refractivity contribution in [3.63, 3.8) is 0 Å². The first-order valence-electron chi connectivity index (χ1n) is 7.47. The molecule has 1 aromatic rings. The van der Waals surface area contributed by atoms with E-state index in [0.717, 1.165) is 19.4 Å². The minimum atomic E-state index is -0.509. The number of aromatic hydroxyl groups is 1. The summed E-state index contributed by atoms with van der Waals surface area (Å²) in [4.78, 5) is 23.6. The Morgan fingerprint density at radius 1 is 1.50 bits per heavy atom. The van der Waals surface area contributed by atoms with Gasteiger partial charge in [0.15, 0.2) is 0 Å². The van der Waals surface area contributed by atoms with Crippen molar-refractivity contribution in [1.82, 2.24) is 14.9 Å². The minimum absolute atomic E-state index is 0.0307. The van der Waals surface area contributed by atoms with Crippen LogP contribution in [0.5, 0.6) is 5.88 Å². The Morgan fingerprint density at radius 2 is 2.23 bits per heavy atom. The van der Waals surface area contributed by atoms with Crippen LogP contribution >= 0.6 is 0 Å². The van der Waals surface area contributed by atoms with E-state index in [1.807, 2.05) is 25.7 Å². The SMILES string of the molecule is CN(C(=O)OC(C)(C)C)C1CCCN(c2cncnc2O)C1. The summed E-state index contributed by atoms with van der Waals surface area (Å²) in [5, 5.41) is 9.85. The fourth-order valence-electron chi connectivity index (χ4n) is 2.51. The third-order valence-electron chi connectivity index (χ3n) is 3.64. The molecule has 0 spiro atoms. The van der Waals surface area contributed by atoms with Gasteiger partial charge in [-0.15, -0.1) is 0 Å². The van der Waals surface area contributed by atoms with Gasteiger partial charge >= 0.3 is 6.09 Å². The zero-order valence-electron chi connectivity index (χ0n) is 13.6. The van der Waals surface area contributed by atoms with Crippen molar-refractivity contribution >= 4 is 11.8 Å². The number of amides is 1. The summed E-state index contributed by atoms with van der Waals surface area (Å²) in [6, 6.07) is 0.0307. The van der Waals surface area contributed by atoms with E-state index in [1.54, 1.807) is 18.1 Å². The number of ether oxygens (including phenoxy) is 1. The van der Waals surface area contributed by atoms with Crippen LogP contribution in [0.4, 0.5) is 10.5 Å². The summed E-state index contributed by atoms with van der Waals surface area (Å²) < 4.78 is 5.41. The smallest absolute Gasteiger partial charge is 0.410 e. The van der Waals surface area contributed by atoms with E-state index < -0.39 is 5.60 Å². The van der Waals surface area contributed by atoms with Crippen LogP contribution in [0.25, 0.3) is 0 Å². The summed E-state index contributed by atoms with van der Waals surface area (Å²) in [6.07, 6.45) is 4.41. The Kier molecular flexibility index (Phi) is 4.73. The molecule has 2 rings (SSSR count). The van der Waals surface area contributed by atoms with E-state index in [-0.39, 0.29) is 18.0 Å². The van der Waals surface area contributed by atoms with Gasteiger partial charge < -0.3 is 19.6 Å². The maximum Gasteiger partial charge on any atom is 0.410 e. The number of hydrogen-bond acceptors (Lipinski definition) is 6. The molecule has 2 heterocycles. The quantitative estimate of drug-likeness (QED) is 0.900. The zero-order valence-corrected chi connectivity index (χ0v) is 13.6. The zero-order chi connectivity index (χ0) is 16.3. The number of anilines is 1. The van der Waals surface area contributed by atoms with Gasteiger partial charge in [-0.3, -0.25) is 0 Å². The third-order valence-corrected chi connectivity index (χ3v) is 3.64. The van der Waals surface area contributed by atoms with Gasteiger partial charge in [0, 0.05) is 20.1 Å². The number of likely N-dealkylation sites (N-methyl/N-ethyl adjacent to an activating group) is 1. The van der Waals surface area contributed by atoms with Gasteiger partial charge in [-0.05, 0) is 33.6 Å². The maximum absolute atomic E-state index is 12.2. The molecule has 1 unspecified atom stereocenters. The molecule has 22 heavy (non-hydrogen) atoms. The van der Waals surface area contributed by atoms with Gasteiger partial charge in [-0.25, -0.2) is 14.8 Å². The number of aromatic nitrogens is 2. The molecule has 7 heteroatoms. The van der Waals surface area contributed by atoms with Crippen LogP contribution in [0.2, 0.25) is 0 Å². The first-order valence-corrected chi connectivity index (χ1v) is 7.47. The number of carbonyl (C=O) groups excluding carboxylic acids is 1. The lowest BCUT2D eigenvalue weighted by Crippen LogP contribution is -2.49. The molecule has 1 aliphatic rings. The Labute approximate surface area is 130 Å². The normalized spacial score (nSPS) is 18.9. The summed E-state index contributed by atoms with van der Waals surface area (Å²) in [7, 11) is 1.75. The average Bonchev–Trinajstić information content (AvgIpc) is 2.45. The lowest BCUT2D eigenvalue weighted by molar-refractivity contribution is 0.0210. The molecular weight excluding hydrogens is 284 g/mol. The van der Waals surface area contributed by atoms with Gasteiger partial charge in [0.05, 0.1) is 12.2 Å². The van der Waals surface area contributed by atoms with Crippen molar-refractivity contribution in [2.45, 2.75) is 45.3 Å². The second-order valence-electron chi connectivity index (χ2n) is 6.56. The van der Waals surface area contributed by atoms with Crippen LogP contribution < -0.4 is 4.90 Å². The number of piperidine rings is 1. The predicted octanol–water partition coefficient (Wildman–Crippen LogP) is 2.02. The van der Waals surface area contributed by atoms with Crippen molar-refractivity contribution in [3.8, 4) is 5.88 Å². The largest absolute Gasteiger partial charge is 0.492 e. The van der Waals surface area contributed by atoms with Crippen LogP contribution in [0.15, 0.2) is 12.5 Å². The maximum atomic E-state index is 12.2. The standard InChI is InChI=1S/C15H24N4O3/c1-15(2,3)22-14(21)18(4)11-6-5-7-19(9-11)12-8-16-10-17-13(12)20/h8,10-11H,5-7,9H2,1-4H3,(H,16,17,20). The molecule has 0 saturated carbocycles. The Balaban J connectivity index is 2.04. The fraction of sp³-hybridized carbons (Fsp3) is 0.667. The molecule has 0 bridgehead atoms. The number of rotatable bonds is 2. The topological polar surface area (TPSA) is 78.8 Å². The molecule has 1 aliphatic heterocycles. The molecule has 122 valence electrons. The van der Waals surface area contributed by atoms with Gasteiger partial charge in [-0.1, -0.05) is 0 Å². The van der Waals surface area contributed by atoms with Crippen molar-refractivity contribution in [3.05, 3.63) is 12.5 Å². The van der Waals surface area contributed by atoms with Crippen molar-refractivity contribution in [2.75, 3.05) is 25.0 Å². The van der Waals surface area contributed by atoms with Crippen LogP contribution in [0.1, 0.15) is 33.6 Å². The second-order valence-corrected chi connectivity index (χ2v) is 6.56. The van der Waals surface area contributed by atoms with E-state index in [2.05, 4.69) is 9.97 Å². The van der Waals surface area contributed by atoms with Crippen LogP contribution in [-0.2, 0) is 4.74 Å². The monoisotopic (exact) mass is 308 g/mol. The lowest BCUT2D eigenvalue weighted by atomic mass is 10.0. The summed E-state index contributed by atoms with van der Waals surface area (Å²) in [6.45, 7) is 6.98. The second kappa shape index (κ2) is 6.37. The molecule has 1 aromatic heterocycles. The molecule has 1 saturated heterocycles. The van der Waals surface area contributed by atoms with Gasteiger partial charge in [0.25, 0.3) is 0 Å². The number of carbonyl (C=O) groups is 1. The van der Waals surface area contributed by atoms with E-state index >= 15 is 0 Å². The predicted molar refractivity (Wildman–Crippen MR) is 82.9 cm³/mol. The Morgan fingerprint density at radius 3 is 2.86 bits per heavy atom. The van der Waals surface area contributed by atoms with Crippen molar-refractivity contribution in [2.24, 2.45) is 0 Å². The summed E-state index contributed by atoms with van der Waals surface area (Å²) in [5.41, 5.74) is 0.0930. The first kappa shape index (κ1) is 16.3. The lowest BCUT2D eigenvalue weighted by Gasteiger charge is -2.38. The van der Waals surface area contributed by atoms with Crippen LogP contribution in [0.3, 0.4) is 0 Å². The minimum Gasteiger partial charge on any atom is -0.492 e. The van der Waals surface area contributed by atoms with E-state index in [9.17, 15) is 9.90 Å². The number of hydrogen-bond donors (Lipinski definition) is 1. The molecule has 1 amide bonds. The van der Waals surface area contributed by atoms with Crippen LogP contribution in [-0.4, -0.2) is 57.8 Å². The van der Waals surface area contributed by atoms with Crippen molar-refractivity contribution in [1.29, 1.82) is 0 Å². The summed E-state index contributed by atoms with van der Waals surface area (Å²) >= 11 is 0. The number of nitrogens with zero attached hydrogens (tertiary/aromatic N) is 4. The molecule has 1 atom stereocenters. The molecule has 1 fully saturated rings. The highest BCUT2D eigenvalue weighted by atomic mass is 16.6. The first-order chi connectivity index (χ1) is 10.3. The molecule has 0 radical (unpaired) electrons. The van der Waals surface area contributed by atoms with Gasteiger partial charge in [0.1, 0.15) is 17.6 Å². The van der Waals surface area contributed by atoms with Gasteiger partial charge in [-0.2, -0.15) is 0 Å².